The van der Waals surface area contributed by atoms with Crippen molar-refractivity contribution in [3.63, 3.8) is 0 Å². The van der Waals surface area contributed by atoms with E-state index in [1.807, 2.05) is 0 Å². The van der Waals surface area contributed by atoms with Gasteiger partial charge < -0.3 is 15.0 Å². The molecular weight excluding hydrogens is 343 g/mol. The van der Waals surface area contributed by atoms with E-state index in [0.29, 0.717) is 30.8 Å². The van der Waals surface area contributed by atoms with Crippen molar-refractivity contribution in [2.75, 3.05) is 26.3 Å². The average molecular weight is 359 g/mol. The summed E-state index contributed by atoms with van der Waals surface area (Å²) in [6.07, 6.45) is 0. The van der Waals surface area contributed by atoms with Crippen LogP contribution < -0.4 is 5.32 Å². The smallest absolute Gasteiger partial charge is 0.254 e. The number of halogens is 2. The maximum Gasteiger partial charge on any atom is 0.254 e. The number of ether oxygens (including phenoxy) is 1. The van der Waals surface area contributed by atoms with Crippen LogP contribution in [0.1, 0.15) is 17.3 Å². The van der Waals surface area contributed by atoms with Crippen molar-refractivity contribution >= 4 is 27.7 Å². The zero-order valence-electron chi connectivity index (χ0n) is 11.6. The molecule has 1 aliphatic rings. The van der Waals surface area contributed by atoms with Crippen molar-refractivity contribution in [2.45, 2.75) is 13.0 Å². The van der Waals surface area contributed by atoms with Gasteiger partial charge >= 0.3 is 0 Å². The summed E-state index contributed by atoms with van der Waals surface area (Å²) in [7, 11) is 0. The van der Waals surface area contributed by atoms with Crippen LogP contribution in [-0.4, -0.2) is 49.1 Å². The molecule has 21 heavy (non-hydrogen) atoms. The Bertz CT molecular complexity index is 547. The molecule has 7 heteroatoms. The molecule has 1 aliphatic heterocycles. The van der Waals surface area contributed by atoms with Gasteiger partial charge in [-0.3, -0.25) is 9.59 Å². The van der Waals surface area contributed by atoms with E-state index in [-0.39, 0.29) is 11.5 Å². The maximum absolute atomic E-state index is 13.7. The molecule has 0 radical (unpaired) electrons. The van der Waals surface area contributed by atoms with Gasteiger partial charge in [0, 0.05) is 17.6 Å². The second kappa shape index (κ2) is 7.00. The van der Waals surface area contributed by atoms with E-state index in [0.717, 1.165) is 0 Å². The summed E-state index contributed by atoms with van der Waals surface area (Å²) in [5.74, 6) is -1.42. The molecule has 1 N–H and O–H groups in total. The van der Waals surface area contributed by atoms with Gasteiger partial charge in [-0.2, -0.15) is 0 Å². The Morgan fingerprint density at radius 3 is 2.67 bits per heavy atom. The Hall–Kier alpha value is -1.47. The predicted molar refractivity (Wildman–Crippen MR) is 78.4 cm³/mol. The minimum atomic E-state index is -0.710. The van der Waals surface area contributed by atoms with E-state index in [1.54, 1.807) is 17.9 Å². The Balaban J connectivity index is 1.99. The lowest BCUT2D eigenvalue weighted by Gasteiger charge is -2.29. The number of amides is 2. The van der Waals surface area contributed by atoms with Gasteiger partial charge in [0.05, 0.1) is 18.8 Å². The fraction of sp³-hybridized carbons (Fsp3) is 0.429. The van der Waals surface area contributed by atoms with Crippen molar-refractivity contribution in [2.24, 2.45) is 0 Å². The van der Waals surface area contributed by atoms with Crippen molar-refractivity contribution in [3.8, 4) is 0 Å². The number of hydrogen-bond donors (Lipinski definition) is 1. The molecule has 1 saturated heterocycles. The number of nitrogens with one attached hydrogen (secondary N) is 1. The van der Waals surface area contributed by atoms with Crippen LogP contribution in [0.5, 0.6) is 0 Å². The standard InChI is InChI=1S/C14H16BrFN2O3/c1-9(14(20)18-4-6-21-7-5-18)17-13(19)11-3-2-10(15)8-12(11)16/h2-3,8-9H,4-7H2,1H3,(H,17,19). The van der Waals surface area contributed by atoms with Gasteiger partial charge in [-0.05, 0) is 25.1 Å². The third-order valence-electron chi connectivity index (χ3n) is 3.22. The van der Waals surface area contributed by atoms with Crippen molar-refractivity contribution in [3.05, 3.63) is 34.1 Å². The van der Waals surface area contributed by atoms with Crippen LogP contribution in [0.15, 0.2) is 22.7 Å². The third-order valence-corrected chi connectivity index (χ3v) is 3.71. The van der Waals surface area contributed by atoms with Crippen LogP contribution in [0.4, 0.5) is 4.39 Å². The second-order valence-electron chi connectivity index (χ2n) is 4.76. The first-order valence-electron chi connectivity index (χ1n) is 6.61. The van der Waals surface area contributed by atoms with Crippen molar-refractivity contribution in [1.82, 2.24) is 10.2 Å². The summed E-state index contributed by atoms with van der Waals surface area (Å²) < 4.78 is 19.4. The summed E-state index contributed by atoms with van der Waals surface area (Å²) in [4.78, 5) is 25.8. The second-order valence-corrected chi connectivity index (χ2v) is 5.67. The number of nitrogens with zero attached hydrogens (tertiary/aromatic N) is 1. The molecule has 1 fully saturated rings. The number of carbonyl (C=O) groups is 2. The monoisotopic (exact) mass is 358 g/mol. The first-order chi connectivity index (χ1) is 9.99. The van der Waals surface area contributed by atoms with Crippen molar-refractivity contribution in [1.29, 1.82) is 0 Å². The Morgan fingerprint density at radius 2 is 2.05 bits per heavy atom. The zero-order valence-corrected chi connectivity index (χ0v) is 13.2. The molecule has 0 aromatic heterocycles. The largest absolute Gasteiger partial charge is 0.378 e. The highest BCUT2D eigenvalue weighted by Gasteiger charge is 2.24. The van der Waals surface area contributed by atoms with Crippen LogP contribution in [-0.2, 0) is 9.53 Å². The van der Waals surface area contributed by atoms with E-state index in [1.165, 1.54) is 12.1 Å². The lowest BCUT2D eigenvalue weighted by atomic mass is 10.1. The van der Waals surface area contributed by atoms with E-state index in [4.69, 9.17) is 4.74 Å². The number of benzene rings is 1. The zero-order chi connectivity index (χ0) is 15.4. The highest BCUT2D eigenvalue weighted by Crippen LogP contribution is 2.15. The number of rotatable bonds is 3. The molecule has 1 aromatic rings. The molecule has 0 spiro atoms. The molecule has 0 bridgehead atoms. The number of hydrogen-bond acceptors (Lipinski definition) is 3. The fourth-order valence-corrected chi connectivity index (χ4v) is 2.40. The normalized spacial score (nSPS) is 16.4. The quantitative estimate of drug-likeness (QED) is 0.891. The van der Waals surface area contributed by atoms with Gasteiger partial charge in [-0.25, -0.2) is 4.39 Å². The first kappa shape index (κ1) is 15.9. The topological polar surface area (TPSA) is 58.6 Å². The third kappa shape index (κ3) is 4.01. The highest BCUT2D eigenvalue weighted by molar-refractivity contribution is 9.10. The molecule has 1 unspecified atom stereocenters. The minimum absolute atomic E-state index is 0.0835. The molecule has 0 saturated carbocycles. The van der Waals surface area contributed by atoms with E-state index in [2.05, 4.69) is 21.2 Å². The maximum atomic E-state index is 13.7. The summed E-state index contributed by atoms with van der Waals surface area (Å²) in [5, 5.41) is 2.53. The molecule has 0 aliphatic carbocycles. The highest BCUT2D eigenvalue weighted by atomic mass is 79.9. The fourth-order valence-electron chi connectivity index (χ4n) is 2.07. The Morgan fingerprint density at radius 1 is 1.38 bits per heavy atom. The molecule has 114 valence electrons. The SMILES string of the molecule is CC(NC(=O)c1ccc(Br)cc1F)C(=O)N1CCOCC1. The van der Waals surface area contributed by atoms with Gasteiger partial charge in [0.25, 0.3) is 5.91 Å². The van der Waals surface area contributed by atoms with E-state index in [9.17, 15) is 14.0 Å². The summed E-state index contributed by atoms with van der Waals surface area (Å²) in [6, 6.07) is 3.45. The molecule has 1 aromatic carbocycles. The summed E-state index contributed by atoms with van der Waals surface area (Å²) >= 11 is 3.13. The van der Waals surface area contributed by atoms with E-state index < -0.39 is 17.8 Å². The first-order valence-corrected chi connectivity index (χ1v) is 7.41. The molecule has 2 rings (SSSR count). The molecule has 1 heterocycles. The Kier molecular flexibility index (Phi) is 5.30. The summed E-state index contributed by atoms with van der Waals surface area (Å²) in [6.45, 7) is 3.59. The number of carbonyl (C=O) groups excluding carboxylic acids is 2. The Labute approximate surface area is 130 Å². The van der Waals surface area contributed by atoms with E-state index >= 15 is 0 Å². The lowest BCUT2D eigenvalue weighted by molar-refractivity contribution is -0.136. The van der Waals surface area contributed by atoms with Gasteiger partial charge in [0.15, 0.2) is 0 Å². The van der Waals surface area contributed by atoms with Gasteiger partial charge in [0.1, 0.15) is 11.9 Å². The van der Waals surface area contributed by atoms with Crippen molar-refractivity contribution < 1.29 is 18.7 Å². The van der Waals surface area contributed by atoms with Gasteiger partial charge in [0.2, 0.25) is 5.91 Å². The average Bonchev–Trinajstić information content (AvgIpc) is 2.47. The van der Waals surface area contributed by atoms with Crippen LogP contribution in [0, 0.1) is 5.82 Å². The molecule has 5 nitrogen and oxygen atoms in total. The van der Waals surface area contributed by atoms with Crippen LogP contribution in [0.3, 0.4) is 0 Å². The predicted octanol–water partition coefficient (Wildman–Crippen LogP) is 1.57. The molecule has 2 amide bonds. The minimum Gasteiger partial charge on any atom is -0.378 e. The van der Waals surface area contributed by atoms with Crippen LogP contribution >= 0.6 is 15.9 Å². The molecule has 1 atom stereocenters. The van der Waals surface area contributed by atoms with Gasteiger partial charge in [-0.15, -0.1) is 0 Å². The summed E-state index contributed by atoms with van der Waals surface area (Å²) in [5.41, 5.74) is -0.0835. The lowest BCUT2D eigenvalue weighted by Crippen LogP contribution is -2.50. The number of morpholine rings is 1. The molecular formula is C14H16BrFN2O3. The van der Waals surface area contributed by atoms with Crippen LogP contribution in [0.2, 0.25) is 0 Å². The van der Waals surface area contributed by atoms with Gasteiger partial charge in [-0.1, -0.05) is 15.9 Å². The van der Waals surface area contributed by atoms with Crippen LogP contribution in [0.25, 0.3) is 0 Å².